The van der Waals surface area contributed by atoms with Crippen molar-refractivity contribution in [2.75, 3.05) is 31.7 Å². The highest BCUT2D eigenvalue weighted by atomic mass is 16.5. The van der Waals surface area contributed by atoms with Crippen LogP contribution < -0.4 is 9.64 Å². The van der Waals surface area contributed by atoms with E-state index < -0.39 is 0 Å². The minimum absolute atomic E-state index is 0.118. The number of aliphatic hydroxyl groups excluding tert-OH is 1. The van der Waals surface area contributed by atoms with Crippen molar-refractivity contribution in [2.45, 2.75) is 32.1 Å². The Morgan fingerprint density at radius 2 is 1.94 bits per heavy atom. The number of benzene rings is 1. The number of hydrogen-bond acceptors (Lipinski definition) is 3. The average molecular weight is 249 g/mol. The third kappa shape index (κ3) is 2.46. The molecule has 3 nitrogen and oxygen atoms in total. The van der Waals surface area contributed by atoms with E-state index >= 15 is 0 Å². The average Bonchev–Trinajstić information content (AvgIpc) is 2.92. The van der Waals surface area contributed by atoms with Gasteiger partial charge in [0.1, 0.15) is 5.75 Å². The first-order valence-electron chi connectivity index (χ1n) is 6.63. The van der Waals surface area contributed by atoms with Gasteiger partial charge in [0.15, 0.2) is 0 Å². The van der Waals surface area contributed by atoms with Crippen molar-refractivity contribution in [1.29, 1.82) is 0 Å². The fraction of sp³-hybridized carbons (Fsp3) is 0.600. The normalized spacial score (nSPS) is 16.1. The van der Waals surface area contributed by atoms with Crippen molar-refractivity contribution in [1.82, 2.24) is 0 Å². The van der Waals surface area contributed by atoms with Gasteiger partial charge in [0.05, 0.1) is 13.7 Å². The van der Waals surface area contributed by atoms with Crippen LogP contribution in [0.25, 0.3) is 0 Å². The highest BCUT2D eigenvalue weighted by Gasteiger charge is 2.25. The van der Waals surface area contributed by atoms with E-state index in [9.17, 15) is 5.11 Å². The first kappa shape index (κ1) is 13.2. The van der Waals surface area contributed by atoms with E-state index in [4.69, 9.17) is 4.74 Å². The zero-order chi connectivity index (χ0) is 13.2. The molecule has 1 aliphatic rings. The van der Waals surface area contributed by atoms with Crippen LogP contribution in [0.1, 0.15) is 32.3 Å². The van der Waals surface area contributed by atoms with Gasteiger partial charge in [0.25, 0.3) is 0 Å². The Bertz CT molecular complexity index is 409. The zero-order valence-corrected chi connectivity index (χ0v) is 11.6. The molecule has 1 aromatic carbocycles. The van der Waals surface area contributed by atoms with Gasteiger partial charge < -0.3 is 14.7 Å². The lowest BCUT2D eigenvalue weighted by atomic mass is 9.84. The Kier molecular flexibility index (Phi) is 3.81. The Labute approximate surface area is 109 Å². The molecular weight excluding hydrogens is 226 g/mol. The Morgan fingerprint density at radius 3 is 2.50 bits per heavy atom. The summed E-state index contributed by atoms with van der Waals surface area (Å²) in [5.41, 5.74) is 2.04. The molecule has 0 spiro atoms. The summed E-state index contributed by atoms with van der Waals surface area (Å²) in [6, 6.07) is 6.29. The van der Waals surface area contributed by atoms with Crippen LogP contribution in [0.3, 0.4) is 0 Å². The molecule has 100 valence electrons. The van der Waals surface area contributed by atoms with Crippen molar-refractivity contribution in [3.8, 4) is 5.75 Å². The summed E-state index contributed by atoms with van der Waals surface area (Å²) in [7, 11) is 1.68. The molecule has 0 unspecified atom stereocenters. The molecule has 0 aliphatic carbocycles. The van der Waals surface area contributed by atoms with Gasteiger partial charge >= 0.3 is 0 Å². The quantitative estimate of drug-likeness (QED) is 0.890. The largest absolute Gasteiger partial charge is 0.496 e. The van der Waals surface area contributed by atoms with Crippen molar-refractivity contribution < 1.29 is 9.84 Å². The molecule has 0 saturated carbocycles. The molecule has 1 N–H and O–H groups in total. The van der Waals surface area contributed by atoms with Gasteiger partial charge in [-0.1, -0.05) is 13.8 Å². The molecule has 0 bridgehead atoms. The van der Waals surface area contributed by atoms with Gasteiger partial charge in [-0.25, -0.2) is 0 Å². The summed E-state index contributed by atoms with van der Waals surface area (Å²) < 4.78 is 5.42. The summed E-state index contributed by atoms with van der Waals surface area (Å²) in [6.45, 7) is 6.46. The second-order valence-corrected chi connectivity index (χ2v) is 5.62. The first-order chi connectivity index (χ1) is 8.58. The van der Waals surface area contributed by atoms with Crippen LogP contribution in [0.15, 0.2) is 18.2 Å². The van der Waals surface area contributed by atoms with Crippen LogP contribution in [0.5, 0.6) is 5.75 Å². The van der Waals surface area contributed by atoms with Crippen LogP contribution in [0.2, 0.25) is 0 Å². The molecule has 0 atom stereocenters. The molecule has 0 aromatic heterocycles. The van der Waals surface area contributed by atoms with Crippen LogP contribution in [0, 0.1) is 0 Å². The van der Waals surface area contributed by atoms with Crippen LogP contribution in [0.4, 0.5) is 5.69 Å². The molecule has 1 heterocycles. The maximum atomic E-state index is 9.55. The monoisotopic (exact) mass is 249 g/mol. The zero-order valence-electron chi connectivity index (χ0n) is 11.6. The minimum atomic E-state index is -0.277. The van der Waals surface area contributed by atoms with Crippen molar-refractivity contribution in [3.63, 3.8) is 0 Å². The van der Waals surface area contributed by atoms with Crippen LogP contribution in [-0.2, 0) is 5.41 Å². The summed E-state index contributed by atoms with van der Waals surface area (Å²) >= 11 is 0. The number of nitrogens with zero attached hydrogens (tertiary/aromatic N) is 1. The van der Waals surface area contributed by atoms with Crippen molar-refractivity contribution in [2.24, 2.45) is 0 Å². The highest BCUT2D eigenvalue weighted by Crippen LogP contribution is 2.35. The number of anilines is 1. The standard InChI is InChI=1S/C15H23NO2/c1-15(2,11-17)13-10-12(6-7-14(13)18-3)16-8-4-5-9-16/h6-7,10,17H,4-5,8-9,11H2,1-3H3. The fourth-order valence-corrected chi connectivity index (χ4v) is 2.48. The third-order valence-corrected chi connectivity index (χ3v) is 3.78. The van der Waals surface area contributed by atoms with Crippen LogP contribution in [-0.4, -0.2) is 31.9 Å². The van der Waals surface area contributed by atoms with Crippen molar-refractivity contribution >= 4 is 5.69 Å². The Morgan fingerprint density at radius 1 is 1.28 bits per heavy atom. The van der Waals surface area contributed by atoms with E-state index in [0.717, 1.165) is 24.4 Å². The lowest BCUT2D eigenvalue weighted by Gasteiger charge is -2.27. The second kappa shape index (κ2) is 5.19. The van der Waals surface area contributed by atoms with E-state index in [1.165, 1.54) is 18.5 Å². The topological polar surface area (TPSA) is 32.7 Å². The number of methoxy groups -OCH3 is 1. The van der Waals surface area contributed by atoms with E-state index in [-0.39, 0.29) is 12.0 Å². The Hall–Kier alpha value is -1.22. The molecule has 1 aromatic rings. The van der Waals surface area contributed by atoms with Gasteiger partial charge in [-0.05, 0) is 31.0 Å². The van der Waals surface area contributed by atoms with E-state index in [1.54, 1.807) is 7.11 Å². The van der Waals surface area contributed by atoms with Gasteiger partial charge in [0, 0.05) is 29.8 Å². The van der Waals surface area contributed by atoms with E-state index in [2.05, 4.69) is 17.0 Å². The number of aliphatic hydroxyl groups is 1. The van der Waals surface area contributed by atoms with Crippen molar-refractivity contribution in [3.05, 3.63) is 23.8 Å². The molecule has 1 aliphatic heterocycles. The smallest absolute Gasteiger partial charge is 0.122 e. The van der Waals surface area contributed by atoms with Gasteiger partial charge in [-0.15, -0.1) is 0 Å². The second-order valence-electron chi connectivity index (χ2n) is 5.62. The summed E-state index contributed by atoms with van der Waals surface area (Å²) in [6.07, 6.45) is 2.54. The van der Waals surface area contributed by atoms with Gasteiger partial charge in [-0.2, -0.15) is 0 Å². The van der Waals surface area contributed by atoms with Gasteiger partial charge in [0.2, 0.25) is 0 Å². The Balaban J connectivity index is 2.38. The van der Waals surface area contributed by atoms with Crippen LogP contribution >= 0.6 is 0 Å². The molecule has 3 heteroatoms. The fourth-order valence-electron chi connectivity index (χ4n) is 2.48. The summed E-state index contributed by atoms with van der Waals surface area (Å²) in [4.78, 5) is 2.40. The first-order valence-corrected chi connectivity index (χ1v) is 6.63. The molecule has 0 amide bonds. The summed E-state index contributed by atoms with van der Waals surface area (Å²) in [5.74, 6) is 0.858. The molecule has 1 fully saturated rings. The lowest BCUT2D eigenvalue weighted by molar-refractivity contribution is 0.215. The molecule has 18 heavy (non-hydrogen) atoms. The van der Waals surface area contributed by atoms with E-state index in [1.807, 2.05) is 19.9 Å². The van der Waals surface area contributed by atoms with Gasteiger partial charge in [-0.3, -0.25) is 0 Å². The predicted octanol–water partition coefficient (Wildman–Crippen LogP) is 2.57. The van der Waals surface area contributed by atoms with E-state index in [0.29, 0.717) is 0 Å². The number of hydrogen-bond donors (Lipinski definition) is 1. The maximum absolute atomic E-state index is 9.55. The molecule has 1 saturated heterocycles. The predicted molar refractivity (Wildman–Crippen MR) is 74.6 cm³/mol. The lowest BCUT2D eigenvalue weighted by Crippen LogP contribution is -2.24. The third-order valence-electron chi connectivity index (χ3n) is 3.78. The number of rotatable bonds is 4. The number of ether oxygens (including phenoxy) is 1. The SMILES string of the molecule is COc1ccc(N2CCCC2)cc1C(C)(C)CO. The molecular formula is C15H23NO2. The highest BCUT2D eigenvalue weighted by molar-refractivity contribution is 5.55. The summed E-state index contributed by atoms with van der Waals surface area (Å²) in [5, 5.41) is 9.55. The maximum Gasteiger partial charge on any atom is 0.122 e. The molecule has 0 radical (unpaired) electrons. The minimum Gasteiger partial charge on any atom is -0.496 e. The molecule has 2 rings (SSSR count).